The van der Waals surface area contributed by atoms with Crippen LogP contribution >= 0.6 is 0 Å². The van der Waals surface area contributed by atoms with Crippen molar-refractivity contribution in [2.75, 3.05) is 13.7 Å². The van der Waals surface area contributed by atoms with Gasteiger partial charge in [-0.2, -0.15) is 0 Å². The van der Waals surface area contributed by atoms with Crippen LogP contribution in [-0.4, -0.2) is 25.6 Å². The van der Waals surface area contributed by atoms with Crippen LogP contribution in [0.3, 0.4) is 0 Å². The number of hydrogen-bond acceptors (Lipinski definition) is 3. The van der Waals surface area contributed by atoms with Crippen LogP contribution in [0, 0.1) is 5.92 Å². The molecule has 0 aromatic heterocycles. The van der Waals surface area contributed by atoms with Gasteiger partial charge >= 0.3 is 0 Å². The maximum absolute atomic E-state index is 5.37. The predicted octanol–water partition coefficient (Wildman–Crippen LogP) is -0.0970. The van der Waals surface area contributed by atoms with E-state index in [1.54, 1.807) is 7.05 Å². The van der Waals surface area contributed by atoms with E-state index in [0.717, 1.165) is 18.9 Å². The van der Waals surface area contributed by atoms with Crippen molar-refractivity contribution in [1.82, 2.24) is 5.43 Å². The average molecular weight is 157 g/mol. The van der Waals surface area contributed by atoms with Crippen molar-refractivity contribution in [3.05, 3.63) is 0 Å². The molecule has 0 spiro atoms. The summed E-state index contributed by atoms with van der Waals surface area (Å²) in [7, 11) is 1.74. The molecule has 0 aliphatic carbocycles. The molecular weight excluding hydrogens is 142 g/mol. The summed E-state index contributed by atoms with van der Waals surface area (Å²) < 4.78 is 5.37. The molecule has 1 aliphatic heterocycles. The molecule has 0 aromatic carbocycles. The monoisotopic (exact) mass is 157 g/mol. The second-order valence-corrected chi connectivity index (χ2v) is 2.72. The minimum absolute atomic E-state index is 0.241. The Hall–Kier alpha value is -0.610. The van der Waals surface area contributed by atoms with Gasteiger partial charge in [-0.1, -0.05) is 0 Å². The van der Waals surface area contributed by atoms with Crippen molar-refractivity contribution in [3.63, 3.8) is 0 Å². The zero-order valence-corrected chi connectivity index (χ0v) is 7.00. The quantitative estimate of drug-likeness (QED) is 0.242. The fraction of sp³-hybridized carbons (Fsp3) is 0.857. The van der Waals surface area contributed by atoms with E-state index in [-0.39, 0.29) is 6.10 Å². The molecule has 1 rings (SSSR count). The molecule has 11 heavy (non-hydrogen) atoms. The first-order valence-corrected chi connectivity index (χ1v) is 3.84. The fourth-order valence-corrected chi connectivity index (χ4v) is 1.43. The van der Waals surface area contributed by atoms with Gasteiger partial charge in [0.2, 0.25) is 0 Å². The zero-order valence-electron chi connectivity index (χ0n) is 7.00. The summed E-state index contributed by atoms with van der Waals surface area (Å²) in [6, 6.07) is 0. The maximum atomic E-state index is 5.37. The fourth-order valence-electron chi connectivity index (χ4n) is 1.43. The minimum atomic E-state index is 0.241. The third-order valence-corrected chi connectivity index (χ3v) is 2.12. The lowest BCUT2D eigenvalue weighted by Gasteiger charge is -2.15. The van der Waals surface area contributed by atoms with Gasteiger partial charge in [0.25, 0.3) is 0 Å². The maximum Gasteiger partial charge on any atom is 0.116 e. The van der Waals surface area contributed by atoms with Crippen LogP contribution in [0.25, 0.3) is 0 Å². The first kappa shape index (κ1) is 8.49. The van der Waals surface area contributed by atoms with Crippen LogP contribution in [0.1, 0.15) is 13.3 Å². The number of amidine groups is 1. The molecule has 0 amide bonds. The van der Waals surface area contributed by atoms with E-state index in [9.17, 15) is 0 Å². The highest BCUT2D eigenvalue weighted by Crippen LogP contribution is 2.20. The molecule has 0 saturated carbocycles. The van der Waals surface area contributed by atoms with Gasteiger partial charge < -0.3 is 10.2 Å². The summed E-state index contributed by atoms with van der Waals surface area (Å²) >= 11 is 0. The second-order valence-electron chi connectivity index (χ2n) is 2.72. The van der Waals surface area contributed by atoms with Gasteiger partial charge in [0, 0.05) is 19.6 Å². The van der Waals surface area contributed by atoms with Gasteiger partial charge in [0.15, 0.2) is 0 Å². The number of nitrogens with zero attached hydrogens (tertiary/aromatic N) is 1. The highest BCUT2D eigenvalue weighted by atomic mass is 16.5. The molecule has 2 unspecified atom stereocenters. The van der Waals surface area contributed by atoms with E-state index >= 15 is 0 Å². The van der Waals surface area contributed by atoms with Crippen molar-refractivity contribution in [2.24, 2.45) is 16.8 Å². The first-order valence-electron chi connectivity index (χ1n) is 3.84. The Balaban J connectivity index is 2.57. The summed E-state index contributed by atoms with van der Waals surface area (Å²) in [6.45, 7) is 2.85. The van der Waals surface area contributed by atoms with Crippen LogP contribution in [-0.2, 0) is 4.74 Å². The number of aliphatic imine (C=N–C) groups is 1. The number of ether oxygens (including phenoxy) is 1. The Kier molecular flexibility index (Phi) is 2.84. The predicted molar refractivity (Wildman–Crippen MR) is 44.2 cm³/mol. The smallest absolute Gasteiger partial charge is 0.116 e. The van der Waals surface area contributed by atoms with Crippen LogP contribution in [0.15, 0.2) is 4.99 Å². The molecule has 0 aromatic rings. The highest BCUT2D eigenvalue weighted by molar-refractivity contribution is 5.84. The molecule has 3 N–H and O–H groups in total. The zero-order chi connectivity index (χ0) is 8.27. The van der Waals surface area contributed by atoms with Crippen molar-refractivity contribution < 1.29 is 4.74 Å². The summed E-state index contributed by atoms with van der Waals surface area (Å²) in [6.07, 6.45) is 1.25. The van der Waals surface area contributed by atoms with Crippen molar-refractivity contribution >= 4 is 5.84 Å². The molecule has 1 saturated heterocycles. The first-order chi connectivity index (χ1) is 5.29. The van der Waals surface area contributed by atoms with Gasteiger partial charge in [-0.05, 0) is 13.3 Å². The molecule has 1 heterocycles. The summed E-state index contributed by atoms with van der Waals surface area (Å²) in [4.78, 5) is 4.04. The van der Waals surface area contributed by atoms with E-state index in [1.165, 1.54) is 0 Å². The average Bonchev–Trinajstić information content (AvgIpc) is 2.40. The Morgan fingerprint density at radius 3 is 2.82 bits per heavy atom. The summed E-state index contributed by atoms with van der Waals surface area (Å²) in [5.74, 6) is 6.48. The Morgan fingerprint density at radius 1 is 1.73 bits per heavy atom. The number of nitrogens with two attached hydrogens (primary N) is 1. The van der Waals surface area contributed by atoms with Crippen molar-refractivity contribution in [2.45, 2.75) is 19.4 Å². The van der Waals surface area contributed by atoms with E-state index in [4.69, 9.17) is 10.6 Å². The molecule has 64 valence electrons. The van der Waals surface area contributed by atoms with Gasteiger partial charge in [0.1, 0.15) is 5.84 Å². The Labute approximate surface area is 66.8 Å². The molecule has 4 nitrogen and oxygen atoms in total. The third-order valence-electron chi connectivity index (χ3n) is 2.12. The van der Waals surface area contributed by atoms with E-state index in [0.29, 0.717) is 5.92 Å². The summed E-state index contributed by atoms with van der Waals surface area (Å²) in [5, 5.41) is 0. The minimum Gasteiger partial charge on any atom is -0.378 e. The van der Waals surface area contributed by atoms with Gasteiger partial charge in [-0.15, -0.1) is 0 Å². The number of hydrazine groups is 1. The molecule has 1 fully saturated rings. The van der Waals surface area contributed by atoms with E-state index in [2.05, 4.69) is 10.4 Å². The lowest BCUT2D eigenvalue weighted by Crippen LogP contribution is -2.38. The van der Waals surface area contributed by atoms with Gasteiger partial charge in [-0.25, -0.2) is 5.84 Å². The second kappa shape index (κ2) is 3.69. The molecule has 0 radical (unpaired) electrons. The highest BCUT2D eigenvalue weighted by Gasteiger charge is 2.28. The largest absolute Gasteiger partial charge is 0.378 e. The van der Waals surface area contributed by atoms with Crippen molar-refractivity contribution in [1.29, 1.82) is 0 Å². The third kappa shape index (κ3) is 1.70. The van der Waals surface area contributed by atoms with Crippen LogP contribution in [0.4, 0.5) is 0 Å². The molecule has 0 bridgehead atoms. The van der Waals surface area contributed by atoms with E-state index < -0.39 is 0 Å². The SMILES string of the molecule is CN=C(NN)C1CCOC1C. The standard InChI is InChI=1S/C7H15N3O/c1-5-6(3-4-11-5)7(9-2)10-8/h5-6H,3-4,8H2,1-2H3,(H,9,10). The molecule has 4 heteroatoms. The molecule has 2 atom stereocenters. The van der Waals surface area contributed by atoms with Crippen LogP contribution in [0.2, 0.25) is 0 Å². The van der Waals surface area contributed by atoms with Crippen LogP contribution in [0.5, 0.6) is 0 Å². The number of rotatable bonds is 1. The molecule has 1 aliphatic rings. The number of hydrogen-bond donors (Lipinski definition) is 2. The normalized spacial score (nSPS) is 32.5. The van der Waals surface area contributed by atoms with Gasteiger partial charge in [0.05, 0.1) is 6.10 Å². The molecular formula is C7H15N3O. The lowest BCUT2D eigenvalue weighted by atomic mass is 10.0. The van der Waals surface area contributed by atoms with Gasteiger partial charge in [-0.3, -0.25) is 4.99 Å². The lowest BCUT2D eigenvalue weighted by molar-refractivity contribution is 0.116. The summed E-state index contributed by atoms with van der Waals surface area (Å²) in [5.41, 5.74) is 2.59. The van der Waals surface area contributed by atoms with E-state index in [1.807, 2.05) is 6.92 Å². The number of nitrogens with one attached hydrogen (secondary N) is 1. The Morgan fingerprint density at radius 2 is 2.45 bits per heavy atom. The van der Waals surface area contributed by atoms with Crippen molar-refractivity contribution in [3.8, 4) is 0 Å². The van der Waals surface area contributed by atoms with Crippen LogP contribution < -0.4 is 11.3 Å². The topological polar surface area (TPSA) is 59.6 Å². The Bertz CT molecular complexity index is 158.